The molecule has 2 aromatic carbocycles. The van der Waals surface area contributed by atoms with E-state index in [-0.39, 0.29) is 6.85 Å². The number of para-hydroxylation sites is 1. The van der Waals surface area contributed by atoms with Crippen molar-refractivity contribution >= 4 is 24.1 Å². The van der Waals surface area contributed by atoms with Crippen LogP contribution in [0, 0.1) is 0 Å². The molecule has 0 saturated heterocycles. The minimum absolute atomic E-state index is 0.286. The second-order valence-electron chi connectivity index (χ2n) is 4.71. The van der Waals surface area contributed by atoms with Gasteiger partial charge in [-0.25, -0.2) is 0 Å². The third kappa shape index (κ3) is 2.22. The number of hydrogen-bond donors (Lipinski definition) is 0. The van der Waals surface area contributed by atoms with E-state index in [4.69, 9.17) is 0 Å². The molecule has 0 bridgehead atoms. The van der Waals surface area contributed by atoms with Gasteiger partial charge in [-0.3, -0.25) is 0 Å². The minimum atomic E-state index is 0.286. The summed E-state index contributed by atoms with van der Waals surface area (Å²) in [6, 6.07) is 19.1. The average Bonchev–Trinajstić information content (AvgIpc) is 2.49. The lowest BCUT2D eigenvalue weighted by molar-refractivity contribution is 1.16. The summed E-state index contributed by atoms with van der Waals surface area (Å²) in [6.45, 7) is 5.02. The Balaban J connectivity index is 2.05. The maximum Gasteiger partial charge on any atom is 0.316 e. The Bertz CT molecular complexity index is 604. The van der Waals surface area contributed by atoms with E-state index in [0.717, 1.165) is 6.54 Å². The zero-order valence-electron chi connectivity index (χ0n) is 10.9. The first-order valence-electron chi connectivity index (χ1n) is 6.60. The van der Waals surface area contributed by atoms with Crippen LogP contribution in [-0.2, 0) is 0 Å². The molecule has 0 aliphatic carbocycles. The van der Waals surface area contributed by atoms with Gasteiger partial charge in [0.25, 0.3) is 0 Å². The maximum atomic E-state index is 3.89. The van der Waals surface area contributed by atoms with Crippen LogP contribution in [0.4, 0.5) is 5.69 Å². The zero-order chi connectivity index (χ0) is 13.1. The maximum absolute atomic E-state index is 3.89. The summed E-state index contributed by atoms with van der Waals surface area (Å²) >= 11 is 0. The van der Waals surface area contributed by atoms with E-state index in [2.05, 4.69) is 78.0 Å². The molecule has 0 fully saturated rings. The molecule has 0 N–H and O–H groups in total. The monoisotopic (exact) mass is 245 g/mol. The van der Waals surface area contributed by atoms with Crippen LogP contribution in [0.25, 0.3) is 6.08 Å². The molecule has 0 radical (unpaired) electrons. The van der Waals surface area contributed by atoms with Gasteiger partial charge < -0.3 is 4.81 Å². The topological polar surface area (TPSA) is 3.24 Å². The van der Waals surface area contributed by atoms with Crippen LogP contribution in [-0.4, -0.2) is 13.4 Å². The Labute approximate surface area is 115 Å². The molecule has 2 heteroatoms. The molecule has 0 aromatic heterocycles. The second kappa shape index (κ2) is 5.19. The number of fused-ring (bicyclic) bond motifs is 1. The predicted molar refractivity (Wildman–Crippen MR) is 84.8 cm³/mol. The summed E-state index contributed by atoms with van der Waals surface area (Å²) in [5.74, 6) is 2.27. The number of nitrogens with zero attached hydrogens (tertiary/aromatic N) is 1. The lowest BCUT2D eigenvalue weighted by Crippen LogP contribution is -2.49. The molecule has 3 rings (SSSR count). The molecule has 1 nitrogen and oxygen atoms in total. The van der Waals surface area contributed by atoms with Crippen LogP contribution in [0.1, 0.15) is 5.56 Å². The smallest absolute Gasteiger partial charge is 0.316 e. The highest BCUT2D eigenvalue weighted by Gasteiger charge is 2.26. The molecule has 1 heterocycles. The predicted octanol–water partition coefficient (Wildman–Crippen LogP) is 3.14. The first-order valence-corrected chi connectivity index (χ1v) is 6.60. The first kappa shape index (κ1) is 11.9. The van der Waals surface area contributed by atoms with Crippen molar-refractivity contribution in [2.45, 2.75) is 0 Å². The Morgan fingerprint density at radius 2 is 1.74 bits per heavy atom. The fourth-order valence-corrected chi connectivity index (χ4v) is 2.63. The standard InChI is InChI=1S/C17H16BN/c1-2-14-19-17-11-7-6-8-15(17)12-13-18(19)16-9-4-3-5-10-16/h2-13H,1,14H2. The van der Waals surface area contributed by atoms with Gasteiger partial charge in [-0.1, -0.05) is 72.1 Å². The molecule has 0 atom stereocenters. The van der Waals surface area contributed by atoms with E-state index < -0.39 is 0 Å². The van der Waals surface area contributed by atoms with E-state index >= 15 is 0 Å². The molecule has 1 aliphatic rings. The zero-order valence-corrected chi connectivity index (χ0v) is 10.9. The van der Waals surface area contributed by atoms with Crippen molar-refractivity contribution in [1.82, 2.24) is 0 Å². The summed E-state index contributed by atoms with van der Waals surface area (Å²) < 4.78 is 0. The summed E-state index contributed by atoms with van der Waals surface area (Å²) in [5, 5.41) is 0. The van der Waals surface area contributed by atoms with Crippen LogP contribution < -0.4 is 10.3 Å². The third-order valence-electron chi connectivity index (χ3n) is 3.51. The van der Waals surface area contributed by atoms with Gasteiger partial charge in [0.1, 0.15) is 0 Å². The Morgan fingerprint density at radius 3 is 2.53 bits per heavy atom. The van der Waals surface area contributed by atoms with Gasteiger partial charge in [-0.2, -0.15) is 0 Å². The van der Waals surface area contributed by atoms with Gasteiger partial charge in [0, 0.05) is 12.2 Å². The lowest BCUT2D eigenvalue weighted by atomic mass is 9.52. The minimum Gasteiger partial charge on any atom is -0.403 e. The Morgan fingerprint density at radius 1 is 1.00 bits per heavy atom. The highest BCUT2D eigenvalue weighted by molar-refractivity contribution is 6.82. The first-order chi connectivity index (χ1) is 9.40. The number of rotatable bonds is 3. The van der Waals surface area contributed by atoms with Crippen LogP contribution in [0.3, 0.4) is 0 Å². The molecule has 1 aliphatic heterocycles. The highest BCUT2D eigenvalue weighted by Crippen LogP contribution is 2.27. The fraction of sp³-hybridized carbons (Fsp3) is 0.0588. The van der Waals surface area contributed by atoms with Gasteiger partial charge in [-0.05, 0) is 11.6 Å². The van der Waals surface area contributed by atoms with Gasteiger partial charge >= 0.3 is 6.85 Å². The van der Waals surface area contributed by atoms with E-state index in [0.29, 0.717) is 0 Å². The summed E-state index contributed by atoms with van der Waals surface area (Å²) in [7, 11) is 0. The summed E-state index contributed by atoms with van der Waals surface area (Å²) in [4.78, 5) is 2.39. The van der Waals surface area contributed by atoms with E-state index in [1.807, 2.05) is 6.08 Å². The Kier molecular flexibility index (Phi) is 3.24. The van der Waals surface area contributed by atoms with Crippen LogP contribution in [0.5, 0.6) is 0 Å². The van der Waals surface area contributed by atoms with Crippen molar-refractivity contribution in [3.05, 3.63) is 78.8 Å². The van der Waals surface area contributed by atoms with Crippen molar-refractivity contribution in [3.63, 3.8) is 0 Å². The van der Waals surface area contributed by atoms with Crippen molar-refractivity contribution < 1.29 is 0 Å². The molecule has 0 saturated carbocycles. The van der Waals surface area contributed by atoms with Gasteiger partial charge in [0.05, 0.1) is 0 Å². The summed E-state index contributed by atoms with van der Waals surface area (Å²) in [5.41, 5.74) is 3.87. The lowest BCUT2D eigenvalue weighted by Gasteiger charge is -2.33. The van der Waals surface area contributed by atoms with E-state index in [9.17, 15) is 0 Å². The third-order valence-corrected chi connectivity index (χ3v) is 3.51. The molecule has 0 amide bonds. The van der Waals surface area contributed by atoms with Crippen LogP contribution in [0.2, 0.25) is 0 Å². The van der Waals surface area contributed by atoms with Crippen LogP contribution in [0.15, 0.2) is 73.2 Å². The number of hydrogen-bond acceptors (Lipinski definition) is 1. The normalized spacial score (nSPS) is 13.3. The van der Waals surface area contributed by atoms with Gasteiger partial charge in [0.2, 0.25) is 0 Å². The van der Waals surface area contributed by atoms with Crippen molar-refractivity contribution in [3.8, 4) is 0 Å². The summed E-state index contributed by atoms with van der Waals surface area (Å²) in [6.07, 6.45) is 4.18. The number of benzene rings is 2. The highest BCUT2D eigenvalue weighted by atomic mass is 15.1. The van der Waals surface area contributed by atoms with Crippen LogP contribution >= 0.6 is 0 Å². The van der Waals surface area contributed by atoms with E-state index in [1.165, 1.54) is 16.7 Å². The number of anilines is 1. The molecule has 2 aromatic rings. The fourth-order valence-electron chi connectivity index (χ4n) is 2.63. The Hall–Kier alpha value is -2.22. The molecule has 19 heavy (non-hydrogen) atoms. The molecule has 92 valence electrons. The van der Waals surface area contributed by atoms with Crippen molar-refractivity contribution in [1.29, 1.82) is 0 Å². The second-order valence-corrected chi connectivity index (χ2v) is 4.71. The molecule has 0 unspecified atom stereocenters. The van der Waals surface area contributed by atoms with Gasteiger partial charge in [0.15, 0.2) is 0 Å². The van der Waals surface area contributed by atoms with Crippen molar-refractivity contribution in [2.75, 3.05) is 11.4 Å². The largest absolute Gasteiger partial charge is 0.403 e. The SMILES string of the molecule is C=CCN1B(c2ccccc2)C=Cc2ccccc21. The molecular weight excluding hydrogens is 229 g/mol. The van der Waals surface area contributed by atoms with Gasteiger partial charge in [-0.15, -0.1) is 6.58 Å². The molecular formula is C17H16BN. The van der Waals surface area contributed by atoms with E-state index in [1.54, 1.807) is 0 Å². The quantitative estimate of drug-likeness (QED) is 0.593. The van der Waals surface area contributed by atoms with Crippen molar-refractivity contribution in [2.24, 2.45) is 0 Å². The molecule has 0 spiro atoms. The average molecular weight is 245 g/mol.